The Kier molecular flexibility index (Phi) is 2.20. The Bertz CT molecular complexity index is 296. The van der Waals surface area contributed by atoms with Gasteiger partial charge in [0.15, 0.2) is 0 Å². The van der Waals surface area contributed by atoms with Crippen LogP contribution in [0.15, 0.2) is 22.7 Å². The van der Waals surface area contributed by atoms with E-state index in [4.69, 9.17) is 4.74 Å². The average molecular weight is 227 g/mol. The highest BCUT2D eigenvalue weighted by Crippen LogP contribution is 2.26. The second-order valence-corrected chi connectivity index (χ2v) is 4.09. The zero-order chi connectivity index (χ0) is 8.55. The topological polar surface area (TPSA) is 9.23 Å². The highest BCUT2D eigenvalue weighted by atomic mass is 79.9. The smallest absolute Gasteiger partial charge is 0.0652 e. The molecule has 1 aliphatic carbocycles. The van der Waals surface area contributed by atoms with E-state index in [-0.39, 0.29) is 0 Å². The van der Waals surface area contributed by atoms with Crippen molar-refractivity contribution in [2.24, 2.45) is 0 Å². The highest BCUT2D eigenvalue weighted by molar-refractivity contribution is 9.10. The van der Waals surface area contributed by atoms with Gasteiger partial charge in [-0.2, -0.15) is 0 Å². The lowest BCUT2D eigenvalue weighted by atomic mass is 10.1. The summed E-state index contributed by atoms with van der Waals surface area (Å²) in [7, 11) is 1.78. The molecule has 0 saturated carbocycles. The Labute approximate surface area is 80.9 Å². The van der Waals surface area contributed by atoms with Gasteiger partial charge in [0, 0.05) is 11.6 Å². The largest absolute Gasteiger partial charge is 0.381 e. The van der Waals surface area contributed by atoms with Crippen LogP contribution < -0.4 is 0 Å². The lowest BCUT2D eigenvalue weighted by molar-refractivity contribution is 0.112. The van der Waals surface area contributed by atoms with Gasteiger partial charge < -0.3 is 4.74 Å². The average Bonchev–Trinajstić information content (AvgIpc) is 2.46. The Morgan fingerprint density at radius 2 is 2.08 bits per heavy atom. The summed E-state index contributed by atoms with van der Waals surface area (Å²) < 4.78 is 6.48. The molecule has 2 rings (SSSR count). The summed E-state index contributed by atoms with van der Waals surface area (Å²) in [5, 5.41) is 0. The SMILES string of the molecule is COC1Cc2ccc(Br)cc2C1. The Morgan fingerprint density at radius 3 is 2.83 bits per heavy atom. The van der Waals surface area contributed by atoms with Gasteiger partial charge in [-0.25, -0.2) is 0 Å². The first kappa shape index (κ1) is 8.27. The number of benzene rings is 1. The lowest BCUT2D eigenvalue weighted by Gasteiger charge is -2.03. The quantitative estimate of drug-likeness (QED) is 0.716. The summed E-state index contributed by atoms with van der Waals surface area (Å²) in [5.74, 6) is 0. The molecule has 64 valence electrons. The minimum atomic E-state index is 0.397. The van der Waals surface area contributed by atoms with Crippen molar-refractivity contribution in [2.75, 3.05) is 7.11 Å². The van der Waals surface area contributed by atoms with Gasteiger partial charge in [-0.3, -0.25) is 0 Å². The van der Waals surface area contributed by atoms with Crippen LogP contribution in [0.1, 0.15) is 11.1 Å². The predicted molar refractivity (Wildman–Crippen MR) is 52.3 cm³/mol. The standard InChI is InChI=1S/C10H11BrO/c1-12-10-5-7-2-3-9(11)4-8(7)6-10/h2-4,10H,5-6H2,1H3. The van der Waals surface area contributed by atoms with Crippen LogP contribution in [0.4, 0.5) is 0 Å². The second kappa shape index (κ2) is 3.19. The number of hydrogen-bond donors (Lipinski definition) is 0. The van der Waals surface area contributed by atoms with E-state index >= 15 is 0 Å². The van der Waals surface area contributed by atoms with Gasteiger partial charge in [-0.05, 0) is 36.1 Å². The third kappa shape index (κ3) is 1.41. The molecule has 0 bridgehead atoms. The number of ether oxygens (including phenoxy) is 1. The van der Waals surface area contributed by atoms with Crippen LogP contribution in [-0.2, 0) is 17.6 Å². The van der Waals surface area contributed by atoms with E-state index in [0.29, 0.717) is 6.10 Å². The van der Waals surface area contributed by atoms with Crippen molar-refractivity contribution < 1.29 is 4.74 Å². The van der Waals surface area contributed by atoms with E-state index in [1.165, 1.54) is 11.1 Å². The predicted octanol–water partition coefficient (Wildman–Crippen LogP) is 2.56. The summed E-state index contributed by atoms with van der Waals surface area (Å²) in [5.41, 5.74) is 2.86. The fourth-order valence-corrected chi connectivity index (χ4v) is 2.12. The van der Waals surface area contributed by atoms with Gasteiger partial charge >= 0.3 is 0 Å². The maximum Gasteiger partial charge on any atom is 0.0652 e. The molecule has 0 aliphatic heterocycles. The Morgan fingerprint density at radius 1 is 1.33 bits per heavy atom. The van der Waals surface area contributed by atoms with Crippen LogP contribution in [0.25, 0.3) is 0 Å². The molecule has 0 saturated heterocycles. The van der Waals surface area contributed by atoms with Crippen LogP contribution in [0.2, 0.25) is 0 Å². The molecule has 1 aromatic carbocycles. The molecule has 0 spiro atoms. The van der Waals surface area contributed by atoms with Gasteiger partial charge in [0.2, 0.25) is 0 Å². The maximum absolute atomic E-state index is 5.32. The number of methoxy groups -OCH3 is 1. The molecular weight excluding hydrogens is 216 g/mol. The number of halogens is 1. The molecule has 0 aromatic heterocycles. The van der Waals surface area contributed by atoms with Crippen molar-refractivity contribution in [3.8, 4) is 0 Å². The van der Waals surface area contributed by atoms with E-state index in [0.717, 1.165) is 17.3 Å². The molecule has 0 fully saturated rings. The van der Waals surface area contributed by atoms with Gasteiger partial charge in [-0.1, -0.05) is 22.0 Å². The van der Waals surface area contributed by atoms with E-state index in [1.807, 2.05) is 0 Å². The molecule has 0 radical (unpaired) electrons. The molecule has 1 aromatic rings. The van der Waals surface area contributed by atoms with Crippen LogP contribution in [0, 0.1) is 0 Å². The van der Waals surface area contributed by atoms with E-state index in [1.54, 1.807) is 7.11 Å². The monoisotopic (exact) mass is 226 g/mol. The van der Waals surface area contributed by atoms with Crippen LogP contribution >= 0.6 is 15.9 Å². The third-order valence-electron chi connectivity index (χ3n) is 2.40. The molecule has 0 heterocycles. The molecule has 1 unspecified atom stereocenters. The van der Waals surface area contributed by atoms with Crippen LogP contribution in [-0.4, -0.2) is 13.2 Å². The van der Waals surface area contributed by atoms with E-state index in [2.05, 4.69) is 34.1 Å². The molecule has 1 nitrogen and oxygen atoms in total. The lowest BCUT2D eigenvalue weighted by Crippen LogP contribution is -2.08. The van der Waals surface area contributed by atoms with Crippen molar-refractivity contribution in [1.29, 1.82) is 0 Å². The first-order valence-electron chi connectivity index (χ1n) is 4.09. The normalized spacial score (nSPS) is 21.0. The van der Waals surface area contributed by atoms with Crippen molar-refractivity contribution in [1.82, 2.24) is 0 Å². The summed E-state index contributed by atoms with van der Waals surface area (Å²) in [4.78, 5) is 0. The van der Waals surface area contributed by atoms with Gasteiger partial charge in [0.1, 0.15) is 0 Å². The number of hydrogen-bond acceptors (Lipinski definition) is 1. The zero-order valence-electron chi connectivity index (χ0n) is 7.01. The van der Waals surface area contributed by atoms with E-state index < -0.39 is 0 Å². The molecule has 2 heteroatoms. The summed E-state index contributed by atoms with van der Waals surface area (Å²) in [6.45, 7) is 0. The summed E-state index contributed by atoms with van der Waals surface area (Å²) >= 11 is 3.47. The summed E-state index contributed by atoms with van der Waals surface area (Å²) in [6, 6.07) is 6.46. The van der Waals surface area contributed by atoms with Crippen LogP contribution in [0.5, 0.6) is 0 Å². The van der Waals surface area contributed by atoms with Crippen molar-refractivity contribution >= 4 is 15.9 Å². The Hall–Kier alpha value is -0.340. The van der Waals surface area contributed by atoms with Gasteiger partial charge in [0.05, 0.1) is 6.10 Å². The summed E-state index contributed by atoms with van der Waals surface area (Å²) in [6.07, 6.45) is 2.53. The van der Waals surface area contributed by atoms with Crippen molar-refractivity contribution in [2.45, 2.75) is 18.9 Å². The van der Waals surface area contributed by atoms with Crippen molar-refractivity contribution in [3.05, 3.63) is 33.8 Å². The first-order chi connectivity index (χ1) is 5.79. The molecule has 0 N–H and O–H groups in total. The number of fused-ring (bicyclic) bond motifs is 1. The molecular formula is C10H11BrO. The Balaban J connectivity index is 2.30. The first-order valence-corrected chi connectivity index (χ1v) is 4.89. The molecule has 1 aliphatic rings. The van der Waals surface area contributed by atoms with Gasteiger partial charge in [-0.15, -0.1) is 0 Å². The van der Waals surface area contributed by atoms with E-state index in [9.17, 15) is 0 Å². The maximum atomic E-state index is 5.32. The van der Waals surface area contributed by atoms with Crippen molar-refractivity contribution in [3.63, 3.8) is 0 Å². The highest BCUT2D eigenvalue weighted by Gasteiger charge is 2.20. The molecule has 0 amide bonds. The van der Waals surface area contributed by atoms with Gasteiger partial charge in [0.25, 0.3) is 0 Å². The second-order valence-electron chi connectivity index (χ2n) is 3.18. The minimum Gasteiger partial charge on any atom is -0.381 e. The molecule has 12 heavy (non-hydrogen) atoms. The van der Waals surface area contributed by atoms with Crippen LogP contribution in [0.3, 0.4) is 0 Å². The minimum absolute atomic E-state index is 0.397. The fourth-order valence-electron chi connectivity index (χ4n) is 1.71. The fraction of sp³-hybridized carbons (Fsp3) is 0.400. The zero-order valence-corrected chi connectivity index (χ0v) is 8.60. The number of rotatable bonds is 1. The third-order valence-corrected chi connectivity index (χ3v) is 2.89. The molecule has 1 atom stereocenters.